The number of nitrogens with zero attached hydrogens (tertiary/aromatic N) is 6. The third-order valence-corrected chi connectivity index (χ3v) is 7.09. The molecule has 1 unspecified atom stereocenters. The van der Waals surface area contributed by atoms with Crippen LogP contribution in [-0.2, 0) is 30.2 Å². The standard InChI is InChI=1S/C18H30N6O2S/c1-6-23-13-18(14(2)19-23)27(25,26)24-10-8-7-9-17(24)16-11-15(12-21(3)4)22(5)20-16/h11,13,17H,6-10,12H2,1-5H3. The van der Waals surface area contributed by atoms with Crippen LogP contribution in [0.15, 0.2) is 17.2 Å². The van der Waals surface area contributed by atoms with E-state index in [0.29, 0.717) is 23.7 Å². The average Bonchev–Trinajstić information content (AvgIpc) is 3.18. The van der Waals surface area contributed by atoms with E-state index in [4.69, 9.17) is 0 Å². The van der Waals surface area contributed by atoms with Gasteiger partial charge < -0.3 is 4.90 Å². The van der Waals surface area contributed by atoms with E-state index in [1.54, 1.807) is 22.1 Å². The zero-order chi connectivity index (χ0) is 19.8. The fourth-order valence-corrected chi connectivity index (χ4v) is 5.53. The molecule has 1 aliphatic rings. The number of sulfonamides is 1. The Morgan fingerprint density at radius 1 is 1.26 bits per heavy atom. The minimum absolute atomic E-state index is 0.227. The van der Waals surface area contributed by atoms with Crippen molar-refractivity contribution in [1.29, 1.82) is 0 Å². The first-order chi connectivity index (χ1) is 12.7. The molecule has 0 aliphatic carbocycles. The van der Waals surface area contributed by atoms with Crippen molar-refractivity contribution in [1.82, 2.24) is 28.8 Å². The van der Waals surface area contributed by atoms with Gasteiger partial charge in [-0.2, -0.15) is 14.5 Å². The first kappa shape index (κ1) is 20.0. The fourth-order valence-electron chi connectivity index (χ4n) is 3.69. The Morgan fingerprint density at radius 2 is 2.00 bits per heavy atom. The molecule has 0 N–H and O–H groups in total. The second-order valence-corrected chi connectivity index (χ2v) is 9.34. The Balaban J connectivity index is 1.97. The van der Waals surface area contributed by atoms with E-state index in [1.165, 1.54) is 0 Å². The van der Waals surface area contributed by atoms with Crippen molar-refractivity contribution in [2.75, 3.05) is 20.6 Å². The molecule has 0 saturated carbocycles. The summed E-state index contributed by atoms with van der Waals surface area (Å²) < 4.78 is 32.0. The Morgan fingerprint density at radius 3 is 2.63 bits per heavy atom. The van der Waals surface area contributed by atoms with E-state index in [9.17, 15) is 8.42 Å². The highest BCUT2D eigenvalue weighted by atomic mass is 32.2. The topological polar surface area (TPSA) is 76.3 Å². The normalized spacial score (nSPS) is 19.1. The van der Waals surface area contributed by atoms with E-state index in [1.807, 2.05) is 38.8 Å². The summed E-state index contributed by atoms with van der Waals surface area (Å²) in [5, 5.41) is 8.98. The lowest BCUT2D eigenvalue weighted by Gasteiger charge is -2.33. The number of rotatable bonds is 6. The van der Waals surface area contributed by atoms with Gasteiger partial charge in [-0.25, -0.2) is 8.42 Å². The van der Waals surface area contributed by atoms with Crippen molar-refractivity contribution < 1.29 is 8.42 Å². The molecule has 150 valence electrons. The van der Waals surface area contributed by atoms with Crippen LogP contribution in [0.1, 0.15) is 49.3 Å². The first-order valence-corrected chi connectivity index (χ1v) is 10.9. The van der Waals surface area contributed by atoms with Gasteiger partial charge in [-0.1, -0.05) is 6.42 Å². The lowest BCUT2D eigenvalue weighted by Crippen LogP contribution is -2.38. The fraction of sp³-hybridized carbons (Fsp3) is 0.667. The molecule has 1 atom stereocenters. The van der Waals surface area contributed by atoms with Crippen molar-refractivity contribution in [3.63, 3.8) is 0 Å². The van der Waals surface area contributed by atoms with Crippen LogP contribution in [0.2, 0.25) is 0 Å². The molecule has 1 saturated heterocycles. The average molecular weight is 395 g/mol. The molecule has 1 fully saturated rings. The van der Waals surface area contributed by atoms with Gasteiger partial charge in [-0.3, -0.25) is 9.36 Å². The Bertz CT molecular complexity index is 899. The Kier molecular flexibility index (Phi) is 5.73. The monoisotopic (exact) mass is 394 g/mol. The van der Waals surface area contributed by atoms with E-state index in [2.05, 4.69) is 15.1 Å². The van der Waals surface area contributed by atoms with Gasteiger partial charge in [0.05, 0.1) is 23.1 Å². The van der Waals surface area contributed by atoms with Crippen LogP contribution < -0.4 is 0 Å². The van der Waals surface area contributed by atoms with Crippen LogP contribution in [-0.4, -0.2) is 57.8 Å². The van der Waals surface area contributed by atoms with Crippen molar-refractivity contribution in [2.24, 2.45) is 7.05 Å². The summed E-state index contributed by atoms with van der Waals surface area (Å²) in [4.78, 5) is 2.39. The summed E-state index contributed by atoms with van der Waals surface area (Å²) >= 11 is 0. The summed E-state index contributed by atoms with van der Waals surface area (Å²) in [7, 11) is 2.32. The Hall–Kier alpha value is -1.71. The summed E-state index contributed by atoms with van der Waals surface area (Å²) in [5.41, 5.74) is 2.46. The van der Waals surface area contributed by atoms with Crippen LogP contribution >= 0.6 is 0 Å². The smallest absolute Gasteiger partial charge is 0.247 e. The maximum absolute atomic E-state index is 13.4. The molecule has 0 aromatic carbocycles. The molecule has 3 heterocycles. The van der Waals surface area contributed by atoms with Crippen molar-refractivity contribution in [3.8, 4) is 0 Å². The van der Waals surface area contributed by atoms with Crippen LogP contribution in [0.4, 0.5) is 0 Å². The second kappa shape index (κ2) is 7.73. The molecule has 0 spiro atoms. The molecule has 9 heteroatoms. The summed E-state index contributed by atoms with van der Waals surface area (Å²) in [6.07, 6.45) is 4.31. The summed E-state index contributed by atoms with van der Waals surface area (Å²) in [5.74, 6) is 0. The van der Waals surface area contributed by atoms with Crippen molar-refractivity contribution >= 4 is 10.0 Å². The first-order valence-electron chi connectivity index (χ1n) is 9.47. The number of aromatic nitrogens is 4. The zero-order valence-corrected chi connectivity index (χ0v) is 17.7. The van der Waals surface area contributed by atoms with Crippen molar-refractivity contribution in [2.45, 2.75) is 57.1 Å². The lowest BCUT2D eigenvalue weighted by atomic mass is 10.0. The van der Waals surface area contributed by atoms with Crippen LogP contribution in [0.3, 0.4) is 0 Å². The van der Waals surface area contributed by atoms with Gasteiger partial charge in [-0.15, -0.1) is 0 Å². The quantitative estimate of drug-likeness (QED) is 0.748. The number of aryl methyl sites for hydroxylation is 3. The van der Waals surface area contributed by atoms with E-state index in [-0.39, 0.29) is 6.04 Å². The molecule has 8 nitrogen and oxygen atoms in total. The van der Waals surface area contributed by atoms with Crippen molar-refractivity contribution in [3.05, 3.63) is 29.3 Å². The van der Waals surface area contributed by atoms with E-state index in [0.717, 1.165) is 37.2 Å². The van der Waals surface area contributed by atoms with Crippen LogP contribution in [0.5, 0.6) is 0 Å². The van der Waals surface area contributed by atoms with E-state index >= 15 is 0 Å². The molecule has 2 aromatic rings. The summed E-state index contributed by atoms with van der Waals surface area (Å²) in [6, 6.07) is 1.82. The van der Waals surface area contributed by atoms with Crippen LogP contribution in [0, 0.1) is 6.92 Å². The number of piperidine rings is 1. The van der Waals surface area contributed by atoms with Crippen LogP contribution in [0.25, 0.3) is 0 Å². The minimum Gasteiger partial charge on any atom is -0.304 e. The zero-order valence-electron chi connectivity index (χ0n) is 16.9. The molecular weight excluding hydrogens is 364 g/mol. The predicted molar refractivity (Wildman–Crippen MR) is 104 cm³/mol. The maximum Gasteiger partial charge on any atom is 0.247 e. The molecular formula is C18H30N6O2S. The molecule has 3 rings (SSSR count). The van der Waals surface area contributed by atoms with Gasteiger partial charge in [0.25, 0.3) is 0 Å². The van der Waals surface area contributed by atoms with Gasteiger partial charge in [0, 0.05) is 32.9 Å². The van der Waals surface area contributed by atoms with Gasteiger partial charge in [-0.05, 0) is 46.9 Å². The highest BCUT2D eigenvalue weighted by Crippen LogP contribution is 2.35. The van der Waals surface area contributed by atoms with Gasteiger partial charge in [0.1, 0.15) is 4.90 Å². The number of hydrogen-bond donors (Lipinski definition) is 0. The highest BCUT2D eigenvalue weighted by Gasteiger charge is 2.37. The highest BCUT2D eigenvalue weighted by molar-refractivity contribution is 7.89. The van der Waals surface area contributed by atoms with Gasteiger partial charge in [0.2, 0.25) is 10.0 Å². The molecule has 0 radical (unpaired) electrons. The maximum atomic E-state index is 13.4. The van der Waals surface area contributed by atoms with Gasteiger partial charge >= 0.3 is 0 Å². The molecule has 2 aromatic heterocycles. The SMILES string of the molecule is CCn1cc(S(=O)(=O)N2CCCCC2c2cc(CN(C)C)n(C)n2)c(C)n1. The largest absolute Gasteiger partial charge is 0.304 e. The molecule has 27 heavy (non-hydrogen) atoms. The molecule has 0 bridgehead atoms. The third-order valence-electron chi connectivity index (χ3n) is 5.08. The second-order valence-electron chi connectivity index (χ2n) is 7.48. The molecule has 0 amide bonds. The van der Waals surface area contributed by atoms with E-state index < -0.39 is 10.0 Å². The summed E-state index contributed by atoms with van der Waals surface area (Å²) in [6.45, 7) is 5.64. The number of hydrogen-bond acceptors (Lipinski definition) is 5. The third kappa shape index (κ3) is 3.95. The minimum atomic E-state index is -3.62. The Labute approximate surface area is 161 Å². The lowest BCUT2D eigenvalue weighted by molar-refractivity contribution is 0.250. The predicted octanol–water partition coefficient (Wildman–Crippen LogP) is 1.92. The van der Waals surface area contributed by atoms with Gasteiger partial charge in [0.15, 0.2) is 0 Å². The molecule has 1 aliphatic heterocycles.